The number of hydrogen-bond donors (Lipinski definition) is 1. The lowest BCUT2D eigenvalue weighted by Crippen LogP contribution is -2.14. The number of benzene rings is 2. The summed E-state index contributed by atoms with van der Waals surface area (Å²) in [7, 11) is 0. The number of thioether (sulfide) groups is 1. The molecular weight excluding hydrogens is 300 g/mol. The highest BCUT2D eigenvalue weighted by Crippen LogP contribution is 2.18. The van der Waals surface area contributed by atoms with E-state index >= 15 is 0 Å². The smallest absolute Gasteiger partial charge is 0.269 e. The summed E-state index contributed by atoms with van der Waals surface area (Å²) in [5, 5.41) is 13.5. The molecule has 0 aromatic heterocycles. The Labute approximate surface area is 132 Å². The predicted octanol–water partition coefficient (Wildman–Crippen LogP) is 3.78. The minimum atomic E-state index is -0.418. The molecule has 2 rings (SSSR count). The molecule has 0 spiro atoms. The molecule has 114 valence electrons. The molecular formula is C16H16N2O3S. The van der Waals surface area contributed by atoms with E-state index in [-0.39, 0.29) is 11.6 Å². The van der Waals surface area contributed by atoms with Crippen LogP contribution in [0.5, 0.6) is 0 Å². The summed E-state index contributed by atoms with van der Waals surface area (Å²) in [4.78, 5) is 22.1. The van der Waals surface area contributed by atoms with Crippen LogP contribution in [0.4, 0.5) is 11.4 Å². The van der Waals surface area contributed by atoms with Gasteiger partial charge in [-0.15, -0.1) is 11.8 Å². The maximum Gasteiger partial charge on any atom is 0.269 e. The molecule has 0 atom stereocenters. The van der Waals surface area contributed by atoms with Gasteiger partial charge in [-0.2, -0.15) is 0 Å². The Bertz CT molecular complexity index is 689. The Kier molecular flexibility index (Phi) is 5.55. The number of carbonyl (C=O) groups is 1. The van der Waals surface area contributed by atoms with Crippen molar-refractivity contribution < 1.29 is 9.72 Å². The Morgan fingerprint density at radius 2 is 2.00 bits per heavy atom. The normalized spacial score (nSPS) is 10.2. The highest BCUT2D eigenvalue weighted by molar-refractivity contribution is 7.99. The summed E-state index contributed by atoms with van der Waals surface area (Å²) in [6.45, 7) is 1.96. The van der Waals surface area contributed by atoms with E-state index < -0.39 is 4.92 Å². The molecule has 0 aliphatic heterocycles. The number of hydrogen-bond acceptors (Lipinski definition) is 4. The van der Waals surface area contributed by atoms with Gasteiger partial charge in [-0.3, -0.25) is 14.9 Å². The van der Waals surface area contributed by atoms with Crippen molar-refractivity contribution in [2.24, 2.45) is 0 Å². The molecule has 1 amide bonds. The Morgan fingerprint density at radius 3 is 2.73 bits per heavy atom. The average Bonchev–Trinajstić information content (AvgIpc) is 2.47. The molecule has 0 saturated heterocycles. The monoisotopic (exact) mass is 316 g/mol. The number of nitrogens with one attached hydrogen (secondary N) is 1. The fourth-order valence-electron chi connectivity index (χ4n) is 1.94. The summed E-state index contributed by atoms with van der Waals surface area (Å²) in [5.74, 6) is 0.778. The van der Waals surface area contributed by atoms with Crippen LogP contribution in [0.1, 0.15) is 11.1 Å². The third-order valence-corrected chi connectivity index (χ3v) is 3.93. The van der Waals surface area contributed by atoms with Gasteiger partial charge in [0.25, 0.3) is 5.69 Å². The first-order valence-corrected chi connectivity index (χ1v) is 7.87. The van der Waals surface area contributed by atoms with E-state index in [1.165, 1.54) is 23.9 Å². The zero-order valence-electron chi connectivity index (χ0n) is 12.1. The van der Waals surface area contributed by atoms with E-state index in [2.05, 4.69) is 5.32 Å². The van der Waals surface area contributed by atoms with Gasteiger partial charge >= 0.3 is 0 Å². The first-order valence-electron chi connectivity index (χ1n) is 6.72. The highest BCUT2D eigenvalue weighted by atomic mass is 32.2. The van der Waals surface area contributed by atoms with Gasteiger partial charge in [0.05, 0.1) is 10.7 Å². The van der Waals surface area contributed by atoms with Crippen LogP contribution in [0.15, 0.2) is 48.5 Å². The van der Waals surface area contributed by atoms with E-state index in [0.717, 1.165) is 16.8 Å². The van der Waals surface area contributed by atoms with Gasteiger partial charge in [-0.1, -0.05) is 24.3 Å². The van der Waals surface area contributed by atoms with Crippen LogP contribution < -0.4 is 5.32 Å². The maximum atomic E-state index is 11.8. The number of aryl methyl sites for hydroxylation is 1. The quantitative estimate of drug-likeness (QED) is 0.650. The molecule has 0 unspecified atom stereocenters. The molecule has 0 aliphatic rings. The lowest BCUT2D eigenvalue weighted by atomic mass is 10.2. The van der Waals surface area contributed by atoms with E-state index in [4.69, 9.17) is 0 Å². The van der Waals surface area contributed by atoms with Crippen molar-refractivity contribution >= 4 is 29.0 Å². The molecule has 0 aliphatic carbocycles. The van der Waals surface area contributed by atoms with Gasteiger partial charge in [0.1, 0.15) is 0 Å². The number of carbonyl (C=O) groups excluding carboxylic acids is 1. The zero-order chi connectivity index (χ0) is 15.9. The summed E-state index contributed by atoms with van der Waals surface area (Å²) in [5.41, 5.74) is 2.77. The first kappa shape index (κ1) is 16.0. The summed E-state index contributed by atoms with van der Waals surface area (Å²) < 4.78 is 0. The van der Waals surface area contributed by atoms with Crippen LogP contribution >= 0.6 is 11.8 Å². The largest absolute Gasteiger partial charge is 0.325 e. The first-order chi connectivity index (χ1) is 10.5. The zero-order valence-corrected chi connectivity index (χ0v) is 12.9. The van der Waals surface area contributed by atoms with Gasteiger partial charge < -0.3 is 5.32 Å². The highest BCUT2D eigenvalue weighted by Gasteiger charge is 2.07. The number of amides is 1. The van der Waals surface area contributed by atoms with Crippen LogP contribution in [0.3, 0.4) is 0 Å². The topological polar surface area (TPSA) is 72.2 Å². The number of nitro groups is 1. The Balaban J connectivity index is 1.82. The molecule has 2 aromatic carbocycles. The predicted molar refractivity (Wildman–Crippen MR) is 89.1 cm³/mol. The van der Waals surface area contributed by atoms with E-state index in [0.29, 0.717) is 11.5 Å². The van der Waals surface area contributed by atoms with Crippen molar-refractivity contribution in [2.75, 3.05) is 11.1 Å². The molecule has 0 saturated carbocycles. The lowest BCUT2D eigenvalue weighted by molar-refractivity contribution is -0.384. The van der Waals surface area contributed by atoms with Crippen LogP contribution in [0.25, 0.3) is 0 Å². The molecule has 0 bridgehead atoms. The molecule has 0 radical (unpaired) electrons. The number of non-ortho nitro benzene ring substituents is 1. The van der Waals surface area contributed by atoms with E-state index in [1.54, 1.807) is 6.07 Å². The second-order valence-corrected chi connectivity index (χ2v) is 5.82. The van der Waals surface area contributed by atoms with Gasteiger partial charge in [0.15, 0.2) is 0 Å². The van der Waals surface area contributed by atoms with E-state index in [9.17, 15) is 14.9 Å². The van der Waals surface area contributed by atoms with Crippen molar-refractivity contribution in [3.8, 4) is 0 Å². The molecule has 2 aromatic rings. The average molecular weight is 316 g/mol. The minimum absolute atomic E-state index is 0.0716. The van der Waals surface area contributed by atoms with Gasteiger partial charge in [0.2, 0.25) is 5.91 Å². The maximum absolute atomic E-state index is 11.8. The van der Waals surface area contributed by atoms with Gasteiger partial charge in [0, 0.05) is 23.6 Å². The molecule has 1 N–H and O–H groups in total. The molecule has 5 nitrogen and oxygen atoms in total. The van der Waals surface area contributed by atoms with Crippen molar-refractivity contribution in [1.29, 1.82) is 0 Å². The second kappa shape index (κ2) is 7.61. The number of anilines is 1. The van der Waals surface area contributed by atoms with Crippen LogP contribution in [-0.2, 0) is 10.5 Å². The summed E-state index contributed by atoms with van der Waals surface area (Å²) in [6, 6.07) is 14.1. The third-order valence-electron chi connectivity index (χ3n) is 2.93. The molecule has 22 heavy (non-hydrogen) atoms. The van der Waals surface area contributed by atoms with E-state index in [1.807, 2.05) is 37.3 Å². The number of nitrogens with zero attached hydrogens (tertiary/aromatic N) is 1. The SMILES string of the molecule is Cc1cccc(NC(=O)CSCc2cccc([N+](=O)[O-])c2)c1. The van der Waals surface area contributed by atoms with Crippen molar-refractivity contribution in [3.05, 3.63) is 69.8 Å². The molecule has 0 heterocycles. The second-order valence-electron chi connectivity index (χ2n) is 4.84. The fourth-order valence-corrected chi connectivity index (χ4v) is 2.72. The van der Waals surface area contributed by atoms with Gasteiger partial charge in [-0.05, 0) is 30.2 Å². The summed E-state index contributed by atoms with van der Waals surface area (Å²) in [6.07, 6.45) is 0. The van der Waals surface area contributed by atoms with Crippen LogP contribution in [0.2, 0.25) is 0 Å². The van der Waals surface area contributed by atoms with Crippen LogP contribution in [0, 0.1) is 17.0 Å². The Hall–Kier alpha value is -2.34. The minimum Gasteiger partial charge on any atom is -0.325 e. The van der Waals surface area contributed by atoms with Crippen molar-refractivity contribution in [1.82, 2.24) is 0 Å². The number of nitro benzene ring substituents is 1. The lowest BCUT2D eigenvalue weighted by Gasteiger charge is -2.06. The fraction of sp³-hybridized carbons (Fsp3) is 0.188. The van der Waals surface area contributed by atoms with Gasteiger partial charge in [-0.25, -0.2) is 0 Å². The Morgan fingerprint density at radius 1 is 1.23 bits per heavy atom. The van der Waals surface area contributed by atoms with Crippen molar-refractivity contribution in [3.63, 3.8) is 0 Å². The van der Waals surface area contributed by atoms with Crippen LogP contribution in [-0.4, -0.2) is 16.6 Å². The summed E-state index contributed by atoms with van der Waals surface area (Å²) >= 11 is 1.42. The molecule has 0 fully saturated rings. The molecule has 6 heteroatoms. The van der Waals surface area contributed by atoms with Crippen molar-refractivity contribution in [2.45, 2.75) is 12.7 Å². The standard InChI is InChI=1S/C16H16N2O3S/c1-12-4-2-6-14(8-12)17-16(19)11-22-10-13-5-3-7-15(9-13)18(20)21/h2-9H,10-11H2,1H3,(H,17,19). The number of rotatable bonds is 6. The third kappa shape index (κ3) is 4.89.